The van der Waals surface area contributed by atoms with Crippen LogP contribution in [0.3, 0.4) is 0 Å². The van der Waals surface area contributed by atoms with E-state index < -0.39 is 0 Å². The van der Waals surface area contributed by atoms with Crippen LogP contribution in [0.2, 0.25) is 0 Å². The quantitative estimate of drug-likeness (QED) is 0.608. The van der Waals surface area contributed by atoms with E-state index in [2.05, 4.69) is 38.3 Å². The Labute approximate surface area is 145 Å². The molecular formula is C19H19N5O. The van der Waals surface area contributed by atoms with Crippen molar-refractivity contribution in [3.05, 3.63) is 77.8 Å². The molecule has 0 fully saturated rings. The minimum absolute atomic E-state index is 0.0780. The molecule has 6 nitrogen and oxygen atoms in total. The molecular weight excluding hydrogens is 314 g/mol. The molecule has 2 aromatic heterocycles. The van der Waals surface area contributed by atoms with Gasteiger partial charge in [-0.3, -0.25) is 5.32 Å². The van der Waals surface area contributed by atoms with Crippen molar-refractivity contribution in [2.45, 2.75) is 19.5 Å². The van der Waals surface area contributed by atoms with E-state index in [1.165, 1.54) is 0 Å². The van der Waals surface area contributed by atoms with Crippen LogP contribution in [0.1, 0.15) is 29.2 Å². The molecule has 6 heteroatoms. The standard InChI is InChI=1S/C19H19N5O/c1-13-22-23-17(25-13)12-20-18(14-8-4-3-5-9-14)19-21-15-10-6-7-11-16(15)24(19)2/h3-11,18,20H,12H2,1-2H3/t18-/m0/s1. The predicted molar refractivity (Wildman–Crippen MR) is 94.9 cm³/mol. The Morgan fingerprint density at radius 1 is 1.04 bits per heavy atom. The van der Waals surface area contributed by atoms with Crippen LogP contribution in [0, 0.1) is 6.92 Å². The van der Waals surface area contributed by atoms with Gasteiger partial charge in [-0.15, -0.1) is 10.2 Å². The van der Waals surface area contributed by atoms with Gasteiger partial charge < -0.3 is 8.98 Å². The van der Waals surface area contributed by atoms with Crippen LogP contribution in [0.4, 0.5) is 0 Å². The maximum atomic E-state index is 5.48. The van der Waals surface area contributed by atoms with Gasteiger partial charge in [0.05, 0.1) is 23.6 Å². The van der Waals surface area contributed by atoms with Gasteiger partial charge in [-0.25, -0.2) is 4.98 Å². The minimum atomic E-state index is -0.0780. The first-order valence-electron chi connectivity index (χ1n) is 8.21. The molecule has 0 spiro atoms. The molecule has 126 valence electrons. The van der Waals surface area contributed by atoms with Gasteiger partial charge in [0.2, 0.25) is 11.8 Å². The first kappa shape index (κ1) is 15.5. The molecule has 2 aromatic carbocycles. The van der Waals surface area contributed by atoms with Crippen molar-refractivity contribution in [2.75, 3.05) is 0 Å². The molecule has 0 amide bonds. The van der Waals surface area contributed by atoms with E-state index in [1.807, 2.05) is 43.4 Å². The second-order valence-corrected chi connectivity index (χ2v) is 5.96. The first-order valence-corrected chi connectivity index (χ1v) is 8.21. The fourth-order valence-electron chi connectivity index (χ4n) is 3.02. The van der Waals surface area contributed by atoms with E-state index in [4.69, 9.17) is 9.40 Å². The monoisotopic (exact) mass is 333 g/mol. The van der Waals surface area contributed by atoms with Crippen LogP contribution < -0.4 is 5.32 Å². The third-order valence-corrected chi connectivity index (χ3v) is 4.24. The van der Waals surface area contributed by atoms with E-state index in [0.29, 0.717) is 18.3 Å². The Hall–Kier alpha value is -2.99. The fraction of sp³-hybridized carbons (Fsp3) is 0.211. The van der Waals surface area contributed by atoms with Crippen LogP contribution in [0.15, 0.2) is 59.0 Å². The lowest BCUT2D eigenvalue weighted by molar-refractivity contribution is 0.431. The number of nitrogens with one attached hydrogen (secondary N) is 1. The Bertz CT molecular complexity index is 989. The minimum Gasteiger partial charge on any atom is -0.424 e. The summed E-state index contributed by atoms with van der Waals surface area (Å²) in [5, 5.41) is 11.5. The topological polar surface area (TPSA) is 68.8 Å². The molecule has 0 bridgehead atoms. The SMILES string of the molecule is Cc1nnc(CN[C@@H](c2ccccc2)c2nc3ccccc3n2C)o1. The molecule has 1 atom stereocenters. The second kappa shape index (κ2) is 6.49. The molecule has 4 aromatic rings. The number of para-hydroxylation sites is 2. The zero-order valence-corrected chi connectivity index (χ0v) is 14.2. The summed E-state index contributed by atoms with van der Waals surface area (Å²) in [5.41, 5.74) is 3.22. The van der Waals surface area contributed by atoms with E-state index in [1.54, 1.807) is 6.92 Å². The number of fused-ring (bicyclic) bond motifs is 1. The zero-order valence-electron chi connectivity index (χ0n) is 14.2. The van der Waals surface area contributed by atoms with Gasteiger partial charge in [-0.2, -0.15) is 0 Å². The summed E-state index contributed by atoms with van der Waals surface area (Å²) in [5.74, 6) is 2.08. The summed E-state index contributed by atoms with van der Waals surface area (Å²) in [4.78, 5) is 4.84. The number of aromatic nitrogens is 4. The lowest BCUT2D eigenvalue weighted by atomic mass is 10.1. The molecule has 0 aliphatic carbocycles. The smallest absolute Gasteiger partial charge is 0.230 e. The average Bonchev–Trinajstić information content (AvgIpc) is 3.20. The number of imidazole rings is 1. The molecule has 0 unspecified atom stereocenters. The highest BCUT2D eigenvalue weighted by Crippen LogP contribution is 2.25. The second-order valence-electron chi connectivity index (χ2n) is 5.96. The summed E-state index contributed by atoms with van der Waals surface area (Å²) < 4.78 is 7.61. The third-order valence-electron chi connectivity index (χ3n) is 4.24. The fourth-order valence-corrected chi connectivity index (χ4v) is 3.02. The number of hydrogen-bond donors (Lipinski definition) is 1. The van der Waals surface area contributed by atoms with Gasteiger partial charge in [0.15, 0.2) is 0 Å². The average molecular weight is 333 g/mol. The Morgan fingerprint density at radius 2 is 1.80 bits per heavy atom. The highest BCUT2D eigenvalue weighted by atomic mass is 16.4. The Kier molecular flexibility index (Phi) is 4.03. The number of benzene rings is 2. The molecule has 25 heavy (non-hydrogen) atoms. The van der Waals surface area contributed by atoms with Crippen LogP contribution in [-0.2, 0) is 13.6 Å². The maximum absolute atomic E-state index is 5.48. The molecule has 0 saturated heterocycles. The van der Waals surface area contributed by atoms with Crippen molar-refractivity contribution in [1.82, 2.24) is 25.1 Å². The van der Waals surface area contributed by atoms with Gasteiger partial charge in [-0.05, 0) is 17.7 Å². The summed E-state index contributed by atoms with van der Waals surface area (Å²) in [7, 11) is 2.04. The van der Waals surface area contributed by atoms with E-state index in [-0.39, 0.29) is 6.04 Å². The van der Waals surface area contributed by atoms with E-state index in [0.717, 1.165) is 22.4 Å². The first-order chi connectivity index (χ1) is 12.2. The van der Waals surface area contributed by atoms with Crippen LogP contribution in [0.25, 0.3) is 11.0 Å². The van der Waals surface area contributed by atoms with Crippen molar-refractivity contribution in [3.8, 4) is 0 Å². The molecule has 0 aliphatic heterocycles. The molecule has 0 saturated carbocycles. The number of rotatable bonds is 5. The Balaban J connectivity index is 1.72. The van der Waals surface area contributed by atoms with Crippen LogP contribution in [0.5, 0.6) is 0 Å². The van der Waals surface area contributed by atoms with Crippen molar-refractivity contribution >= 4 is 11.0 Å². The van der Waals surface area contributed by atoms with Gasteiger partial charge >= 0.3 is 0 Å². The molecule has 2 heterocycles. The molecule has 4 rings (SSSR count). The van der Waals surface area contributed by atoms with E-state index >= 15 is 0 Å². The highest BCUT2D eigenvalue weighted by molar-refractivity contribution is 5.76. The van der Waals surface area contributed by atoms with Crippen molar-refractivity contribution in [2.24, 2.45) is 7.05 Å². The summed E-state index contributed by atoms with van der Waals surface area (Å²) in [6, 6.07) is 18.3. The third kappa shape index (κ3) is 3.04. The van der Waals surface area contributed by atoms with Gasteiger partial charge in [-0.1, -0.05) is 42.5 Å². The van der Waals surface area contributed by atoms with Crippen molar-refractivity contribution < 1.29 is 4.42 Å². The number of hydrogen-bond acceptors (Lipinski definition) is 5. The number of nitrogens with zero attached hydrogens (tertiary/aromatic N) is 4. The van der Waals surface area contributed by atoms with Crippen LogP contribution >= 0.6 is 0 Å². The van der Waals surface area contributed by atoms with Crippen molar-refractivity contribution in [1.29, 1.82) is 0 Å². The Morgan fingerprint density at radius 3 is 2.52 bits per heavy atom. The molecule has 0 aliphatic rings. The zero-order chi connectivity index (χ0) is 17.2. The lowest BCUT2D eigenvalue weighted by Crippen LogP contribution is -2.25. The highest BCUT2D eigenvalue weighted by Gasteiger charge is 2.21. The summed E-state index contributed by atoms with van der Waals surface area (Å²) >= 11 is 0. The van der Waals surface area contributed by atoms with Crippen LogP contribution in [-0.4, -0.2) is 19.7 Å². The lowest BCUT2D eigenvalue weighted by Gasteiger charge is -2.18. The van der Waals surface area contributed by atoms with Gasteiger partial charge in [0.1, 0.15) is 5.82 Å². The summed E-state index contributed by atoms with van der Waals surface area (Å²) in [6.45, 7) is 2.26. The maximum Gasteiger partial charge on any atom is 0.230 e. The predicted octanol–water partition coefficient (Wildman–Crippen LogP) is 3.14. The number of aryl methyl sites for hydroxylation is 2. The molecule has 1 N–H and O–H groups in total. The summed E-state index contributed by atoms with van der Waals surface area (Å²) in [6.07, 6.45) is 0. The van der Waals surface area contributed by atoms with E-state index in [9.17, 15) is 0 Å². The van der Waals surface area contributed by atoms with Gasteiger partial charge in [0, 0.05) is 14.0 Å². The largest absolute Gasteiger partial charge is 0.424 e. The van der Waals surface area contributed by atoms with Gasteiger partial charge in [0.25, 0.3) is 0 Å². The normalized spacial score (nSPS) is 12.6. The van der Waals surface area contributed by atoms with Crippen molar-refractivity contribution in [3.63, 3.8) is 0 Å². The molecule has 0 radical (unpaired) electrons.